The molecule has 0 fully saturated rings. The minimum atomic E-state index is 0.525. The molecular formula is C12H16ClNO. The summed E-state index contributed by atoms with van der Waals surface area (Å²) in [6.07, 6.45) is 1.88. The molecule has 15 heavy (non-hydrogen) atoms. The molecule has 1 rings (SSSR count). The van der Waals surface area contributed by atoms with Crippen LogP contribution in [0.5, 0.6) is 0 Å². The van der Waals surface area contributed by atoms with Crippen LogP contribution in [-0.2, 0) is 0 Å². The van der Waals surface area contributed by atoms with Gasteiger partial charge >= 0.3 is 0 Å². The summed E-state index contributed by atoms with van der Waals surface area (Å²) in [7, 11) is 0. The summed E-state index contributed by atoms with van der Waals surface area (Å²) in [5, 5.41) is 0.525. The zero-order chi connectivity index (χ0) is 11.3. The van der Waals surface area contributed by atoms with E-state index in [0.717, 1.165) is 31.5 Å². The van der Waals surface area contributed by atoms with Crippen molar-refractivity contribution in [2.75, 3.05) is 18.0 Å². The standard InChI is InChI=1S/C12H16ClNO/c1-3-8-14(4-2)12-7-5-6-11(13)10(12)9-15/h5-7,9H,3-4,8H2,1-2H3. The largest absolute Gasteiger partial charge is 0.371 e. The highest BCUT2D eigenvalue weighted by Crippen LogP contribution is 2.25. The van der Waals surface area contributed by atoms with Crippen LogP contribution in [0.1, 0.15) is 30.6 Å². The van der Waals surface area contributed by atoms with Gasteiger partial charge in [0.1, 0.15) is 0 Å². The predicted molar refractivity (Wildman–Crippen MR) is 65.0 cm³/mol. The highest BCUT2D eigenvalue weighted by atomic mass is 35.5. The smallest absolute Gasteiger partial charge is 0.153 e. The van der Waals surface area contributed by atoms with Gasteiger partial charge in [0.25, 0.3) is 0 Å². The fourth-order valence-electron chi connectivity index (χ4n) is 1.64. The second-order valence-corrected chi connectivity index (χ2v) is 3.78. The first kappa shape index (κ1) is 12.1. The van der Waals surface area contributed by atoms with Crippen LogP contribution in [0, 0.1) is 0 Å². The Labute approximate surface area is 95.8 Å². The summed E-state index contributed by atoms with van der Waals surface area (Å²) in [6.45, 7) is 6.02. The molecule has 2 nitrogen and oxygen atoms in total. The fraction of sp³-hybridized carbons (Fsp3) is 0.417. The number of rotatable bonds is 5. The van der Waals surface area contributed by atoms with E-state index >= 15 is 0 Å². The van der Waals surface area contributed by atoms with Crippen molar-refractivity contribution in [1.29, 1.82) is 0 Å². The molecule has 0 aliphatic carbocycles. The molecule has 0 unspecified atom stereocenters. The summed E-state index contributed by atoms with van der Waals surface area (Å²) in [6, 6.07) is 5.56. The number of hydrogen-bond acceptors (Lipinski definition) is 2. The van der Waals surface area contributed by atoms with Crippen LogP contribution in [-0.4, -0.2) is 19.4 Å². The molecule has 0 saturated carbocycles. The third-order valence-corrected chi connectivity index (χ3v) is 2.69. The Balaban J connectivity index is 3.10. The number of hydrogen-bond donors (Lipinski definition) is 0. The second-order valence-electron chi connectivity index (χ2n) is 3.37. The highest BCUT2D eigenvalue weighted by Gasteiger charge is 2.10. The van der Waals surface area contributed by atoms with Crippen molar-refractivity contribution in [3.05, 3.63) is 28.8 Å². The number of carbonyl (C=O) groups is 1. The van der Waals surface area contributed by atoms with Gasteiger partial charge in [-0.2, -0.15) is 0 Å². The van der Waals surface area contributed by atoms with Crippen LogP contribution in [0.15, 0.2) is 18.2 Å². The van der Waals surface area contributed by atoms with Crippen molar-refractivity contribution in [1.82, 2.24) is 0 Å². The number of anilines is 1. The average molecular weight is 226 g/mol. The van der Waals surface area contributed by atoms with Crippen LogP contribution in [0.4, 0.5) is 5.69 Å². The predicted octanol–water partition coefficient (Wildman–Crippen LogP) is 3.39. The topological polar surface area (TPSA) is 20.3 Å². The molecular weight excluding hydrogens is 210 g/mol. The lowest BCUT2D eigenvalue weighted by Gasteiger charge is -2.24. The van der Waals surface area contributed by atoms with Gasteiger partial charge in [-0.15, -0.1) is 0 Å². The van der Waals surface area contributed by atoms with Crippen molar-refractivity contribution in [2.45, 2.75) is 20.3 Å². The van der Waals surface area contributed by atoms with E-state index < -0.39 is 0 Å². The van der Waals surface area contributed by atoms with E-state index in [1.165, 1.54) is 0 Å². The number of halogens is 1. The molecule has 0 heterocycles. The van der Waals surface area contributed by atoms with Crippen molar-refractivity contribution < 1.29 is 4.79 Å². The molecule has 82 valence electrons. The fourth-order valence-corrected chi connectivity index (χ4v) is 1.85. The summed E-state index contributed by atoms with van der Waals surface area (Å²) in [4.78, 5) is 13.1. The van der Waals surface area contributed by atoms with Crippen molar-refractivity contribution in [3.63, 3.8) is 0 Å². The van der Waals surface area contributed by atoms with E-state index in [0.29, 0.717) is 10.6 Å². The van der Waals surface area contributed by atoms with Gasteiger partial charge in [0, 0.05) is 18.8 Å². The van der Waals surface area contributed by atoms with Gasteiger partial charge in [-0.05, 0) is 25.5 Å². The van der Waals surface area contributed by atoms with Crippen molar-refractivity contribution in [2.24, 2.45) is 0 Å². The van der Waals surface area contributed by atoms with E-state index in [2.05, 4.69) is 18.7 Å². The summed E-state index contributed by atoms with van der Waals surface area (Å²) >= 11 is 5.97. The Kier molecular flexibility index (Phi) is 4.63. The van der Waals surface area contributed by atoms with Crippen LogP contribution in [0.3, 0.4) is 0 Å². The zero-order valence-electron chi connectivity index (χ0n) is 9.16. The number of carbonyl (C=O) groups excluding carboxylic acids is 1. The highest BCUT2D eigenvalue weighted by molar-refractivity contribution is 6.33. The van der Waals surface area contributed by atoms with Crippen LogP contribution in [0.25, 0.3) is 0 Å². The molecule has 0 spiro atoms. The van der Waals surface area contributed by atoms with Gasteiger partial charge in [-0.1, -0.05) is 24.6 Å². The van der Waals surface area contributed by atoms with Gasteiger partial charge < -0.3 is 4.90 Å². The van der Waals surface area contributed by atoms with E-state index in [9.17, 15) is 4.79 Å². The van der Waals surface area contributed by atoms with Crippen LogP contribution >= 0.6 is 11.6 Å². The molecule has 3 heteroatoms. The number of nitrogens with zero attached hydrogens (tertiary/aromatic N) is 1. The van der Waals surface area contributed by atoms with E-state index in [4.69, 9.17) is 11.6 Å². The lowest BCUT2D eigenvalue weighted by atomic mass is 10.1. The van der Waals surface area contributed by atoms with Gasteiger partial charge in [-0.3, -0.25) is 4.79 Å². The quantitative estimate of drug-likeness (QED) is 0.716. The third kappa shape index (κ3) is 2.72. The van der Waals surface area contributed by atoms with Gasteiger partial charge in [0.2, 0.25) is 0 Å². The first-order valence-corrected chi connectivity index (χ1v) is 5.61. The number of aldehydes is 1. The number of benzene rings is 1. The van der Waals surface area contributed by atoms with E-state index in [-0.39, 0.29) is 0 Å². The monoisotopic (exact) mass is 225 g/mol. The molecule has 0 radical (unpaired) electrons. The minimum Gasteiger partial charge on any atom is -0.371 e. The van der Waals surface area contributed by atoms with Gasteiger partial charge in [0.15, 0.2) is 6.29 Å². The van der Waals surface area contributed by atoms with Crippen LogP contribution in [0.2, 0.25) is 5.02 Å². The molecule has 0 saturated heterocycles. The Morgan fingerprint density at radius 3 is 2.67 bits per heavy atom. The molecule has 0 aliphatic rings. The molecule has 0 amide bonds. The Bertz CT molecular complexity index is 338. The maximum absolute atomic E-state index is 11.0. The molecule has 1 aromatic rings. The summed E-state index contributed by atoms with van der Waals surface area (Å²) in [5.41, 5.74) is 1.52. The SMILES string of the molecule is CCCN(CC)c1cccc(Cl)c1C=O. The lowest BCUT2D eigenvalue weighted by molar-refractivity contribution is 0.112. The lowest BCUT2D eigenvalue weighted by Crippen LogP contribution is -2.24. The normalized spacial score (nSPS) is 10.1. The molecule has 0 aromatic heterocycles. The zero-order valence-corrected chi connectivity index (χ0v) is 9.92. The average Bonchev–Trinajstić information content (AvgIpc) is 2.25. The summed E-state index contributed by atoms with van der Waals surface area (Å²) in [5.74, 6) is 0. The molecule has 0 N–H and O–H groups in total. The maximum Gasteiger partial charge on any atom is 0.153 e. The van der Waals surface area contributed by atoms with Gasteiger partial charge in [0.05, 0.1) is 10.6 Å². The molecule has 0 aliphatic heterocycles. The second kappa shape index (κ2) is 5.76. The molecule has 1 aromatic carbocycles. The maximum atomic E-state index is 11.0. The Hall–Kier alpha value is -1.02. The van der Waals surface area contributed by atoms with Crippen molar-refractivity contribution in [3.8, 4) is 0 Å². The van der Waals surface area contributed by atoms with Crippen LogP contribution < -0.4 is 4.90 Å². The van der Waals surface area contributed by atoms with E-state index in [1.807, 2.05) is 12.1 Å². The van der Waals surface area contributed by atoms with Gasteiger partial charge in [-0.25, -0.2) is 0 Å². The van der Waals surface area contributed by atoms with Crippen molar-refractivity contribution >= 4 is 23.6 Å². The first-order chi connectivity index (χ1) is 7.24. The van der Waals surface area contributed by atoms with E-state index in [1.54, 1.807) is 6.07 Å². The minimum absolute atomic E-state index is 0.525. The third-order valence-electron chi connectivity index (χ3n) is 2.36. The Morgan fingerprint density at radius 1 is 1.40 bits per heavy atom. The molecule has 0 atom stereocenters. The first-order valence-electron chi connectivity index (χ1n) is 5.23. The molecule has 0 bridgehead atoms. The Morgan fingerprint density at radius 2 is 2.13 bits per heavy atom. The summed E-state index contributed by atoms with van der Waals surface area (Å²) < 4.78 is 0.